The number of carbonyl (C=O) groups excluding carboxylic acids is 1. The van der Waals surface area contributed by atoms with Crippen molar-refractivity contribution in [2.75, 3.05) is 11.9 Å². The highest BCUT2D eigenvalue weighted by atomic mass is 16.1. The van der Waals surface area contributed by atoms with E-state index in [9.17, 15) is 4.79 Å². The van der Waals surface area contributed by atoms with Crippen molar-refractivity contribution in [3.05, 3.63) is 29.3 Å². The van der Waals surface area contributed by atoms with Crippen LogP contribution in [0.1, 0.15) is 49.5 Å². The van der Waals surface area contributed by atoms with Gasteiger partial charge in [-0.05, 0) is 38.0 Å². The minimum absolute atomic E-state index is 0.0345. The lowest BCUT2D eigenvalue weighted by atomic mass is 10.0. The van der Waals surface area contributed by atoms with Gasteiger partial charge in [-0.2, -0.15) is 5.26 Å². The number of ketones is 1. The summed E-state index contributed by atoms with van der Waals surface area (Å²) in [5.74, 6) is 0.0345. The lowest BCUT2D eigenvalue weighted by Crippen LogP contribution is -2.31. The molecular formula is C15H20N2O. The molecule has 0 radical (unpaired) electrons. The minimum atomic E-state index is 0.0345. The van der Waals surface area contributed by atoms with Gasteiger partial charge in [0.2, 0.25) is 0 Å². The Morgan fingerprint density at radius 3 is 2.44 bits per heavy atom. The van der Waals surface area contributed by atoms with E-state index in [1.54, 1.807) is 25.1 Å². The van der Waals surface area contributed by atoms with Gasteiger partial charge in [-0.1, -0.05) is 13.8 Å². The molecule has 18 heavy (non-hydrogen) atoms. The predicted octanol–water partition coefficient (Wildman–Crippen LogP) is 3.39. The van der Waals surface area contributed by atoms with Gasteiger partial charge in [0.25, 0.3) is 0 Å². The van der Waals surface area contributed by atoms with Crippen LogP contribution >= 0.6 is 0 Å². The number of nitrogens with zero attached hydrogens (tertiary/aromatic N) is 2. The van der Waals surface area contributed by atoms with Gasteiger partial charge >= 0.3 is 0 Å². The van der Waals surface area contributed by atoms with E-state index in [2.05, 4.69) is 24.8 Å². The minimum Gasteiger partial charge on any atom is -0.371 e. The zero-order valence-electron chi connectivity index (χ0n) is 11.5. The molecule has 0 aliphatic rings. The van der Waals surface area contributed by atoms with Crippen LogP contribution in [0, 0.1) is 11.3 Å². The molecule has 0 aliphatic carbocycles. The van der Waals surface area contributed by atoms with Gasteiger partial charge in [0.1, 0.15) is 0 Å². The van der Waals surface area contributed by atoms with Crippen LogP contribution < -0.4 is 4.90 Å². The second kappa shape index (κ2) is 6.20. The number of hydrogen-bond acceptors (Lipinski definition) is 3. The molecular weight excluding hydrogens is 224 g/mol. The topological polar surface area (TPSA) is 44.1 Å². The Hall–Kier alpha value is -1.82. The molecule has 0 spiro atoms. The fourth-order valence-electron chi connectivity index (χ4n) is 2.22. The van der Waals surface area contributed by atoms with Crippen molar-refractivity contribution >= 4 is 11.5 Å². The Bertz CT molecular complexity index is 470. The molecule has 0 N–H and O–H groups in total. The van der Waals surface area contributed by atoms with Crippen LogP contribution in [0.25, 0.3) is 0 Å². The molecule has 0 bridgehead atoms. The van der Waals surface area contributed by atoms with Gasteiger partial charge in [0, 0.05) is 24.3 Å². The second-order valence-electron chi connectivity index (χ2n) is 4.48. The maximum Gasteiger partial charge on any atom is 0.161 e. The van der Waals surface area contributed by atoms with Gasteiger partial charge in [-0.25, -0.2) is 0 Å². The highest BCUT2D eigenvalue weighted by molar-refractivity contribution is 6.00. The normalized spacial score (nSPS) is 10.2. The number of benzene rings is 1. The van der Waals surface area contributed by atoms with Crippen molar-refractivity contribution in [2.24, 2.45) is 0 Å². The summed E-state index contributed by atoms with van der Waals surface area (Å²) in [6, 6.07) is 7.75. The summed E-state index contributed by atoms with van der Waals surface area (Å²) >= 11 is 0. The van der Waals surface area contributed by atoms with Crippen molar-refractivity contribution in [3.8, 4) is 6.07 Å². The van der Waals surface area contributed by atoms with E-state index in [0.717, 1.165) is 18.5 Å². The molecule has 0 saturated heterocycles. The number of anilines is 1. The molecule has 0 atom stereocenters. The fraction of sp³-hybridized carbons (Fsp3) is 0.467. The molecule has 1 rings (SSSR count). The molecule has 0 aromatic heterocycles. The van der Waals surface area contributed by atoms with Crippen LogP contribution in [0.2, 0.25) is 0 Å². The van der Waals surface area contributed by atoms with Gasteiger partial charge in [0.05, 0.1) is 11.6 Å². The van der Waals surface area contributed by atoms with Gasteiger partial charge in [-0.3, -0.25) is 4.79 Å². The van der Waals surface area contributed by atoms with E-state index in [4.69, 9.17) is 5.26 Å². The van der Waals surface area contributed by atoms with E-state index in [1.807, 2.05) is 7.05 Å². The lowest BCUT2D eigenvalue weighted by Gasteiger charge is -2.30. The van der Waals surface area contributed by atoms with Crippen molar-refractivity contribution in [1.82, 2.24) is 0 Å². The zero-order chi connectivity index (χ0) is 13.7. The maximum atomic E-state index is 11.7. The summed E-state index contributed by atoms with van der Waals surface area (Å²) < 4.78 is 0. The number of hydrogen-bond donors (Lipinski definition) is 0. The Labute approximate surface area is 109 Å². The van der Waals surface area contributed by atoms with Crippen molar-refractivity contribution in [2.45, 2.75) is 39.7 Å². The Kier molecular flexibility index (Phi) is 4.91. The molecule has 1 aromatic rings. The van der Waals surface area contributed by atoms with Crippen LogP contribution in [0.4, 0.5) is 5.69 Å². The first-order valence-electron chi connectivity index (χ1n) is 6.33. The Morgan fingerprint density at radius 2 is 2.00 bits per heavy atom. The molecule has 1 aromatic carbocycles. The third-order valence-corrected chi connectivity index (χ3v) is 3.38. The first kappa shape index (κ1) is 14.2. The quantitative estimate of drug-likeness (QED) is 0.746. The summed E-state index contributed by atoms with van der Waals surface area (Å²) in [6.07, 6.45) is 2.03. The fourth-order valence-corrected chi connectivity index (χ4v) is 2.22. The van der Waals surface area contributed by atoms with E-state index in [1.165, 1.54) is 0 Å². The van der Waals surface area contributed by atoms with Gasteiger partial charge in [0.15, 0.2) is 5.78 Å². The summed E-state index contributed by atoms with van der Waals surface area (Å²) in [5, 5.41) is 8.97. The molecule has 0 fully saturated rings. The summed E-state index contributed by atoms with van der Waals surface area (Å²) in [5.41, 5.74) is 2.13. The number of carbonyl (C=O) groups is 1. The largest absolute Gasteiger partial charge is 0.371 e. The predicted molar refractivity (Wildman–Crippen MR) is 73.9 cm³/mol. The third kappa shape index (κ3) is 2.89. The maximum absolute atomic E-state index is 11.7. The van der Waals surface area contributed by atoms with Crippen molar-refractivity contribution in [3.63, 3.8) is 0 Å². The highest BCUT2D eigenvalue weighted by Crippen LogP contribution is 2.25. The van der Waals surface area contributed by atoms with Crippen LogP contribution in [-0.4, -0.2) is 18.9 Å². The van der Waals surface area contributed by atoms with E-state index in [0.29, 0.717) is 17.2 Å². The van der Waals surface area contributed by atoms with Crippen molar-refractivity contribution in [1.29, 1.82) is 5.26 Å². The Morgan fingerprint density at radius 1 is 1.39 bits per heavy atom. The van der Waals surface area contributed by atoms with Crippen LogP contribution in [-0.2, 0) is 0 Å². The van der Waals surface area contributed by atoms with E-state index >= 15 is 0 Å². The van der Waals surface area contributed by atoms with Gasteiger partial charge in [-0.15, -0.1) is 0 Å². The third-order valence-electron chi connectivity index (χ3n) is 3.38. The first-order chi connectivity index (χ1) is 8.54. The summed E-state index contributed by atoms with van der Waals surface area (Å²) in [4.78, 5) is 13.8. The molecule has 0 aliphatic heterocycles. The van der Waals surface area contributed by atoms with Gasteiger partial charge < -0.3 is 4.90 Å². The lowest BCUT2D eigenvalue weighted by molar-refractivity contribution is 0.101. The first-order valence-corrected chi connectivity index (χ1v) is 6.33. The molecule has 0 unspecified atom stereocenters. The molecule has 0 amide bonds. The standard InChI is InChI=1S/C15H20N2O/c1-5-13(6-2)17(4)15-9-12(10-16)7-8-14(15)11(3)18/h7-9,13H,5-6H2,1-4H3. The molecule has 0 heterocycles. The van der Waals surface area contributed by atoms with Crippen LogP contribution in [0.5, 0.6) is 0 Å². The van der Waals surface area contributed by atoms with Crippen molar-refractivity contribution < 1.29 is 4.79 Å². The molecule has 3 nitrogen and oxygen atoms in total. The number of nitriles is 1. The average molecular weight is 244 g/mol. The monoisotopic (exact) mass is 244 g/mol. The number of Topliss-reactive ketones (excluding diaryl/α,β-unsaturated/α-hetero) is 1. The smallest absolute Gasteiger partial charge is 0.161 e. The highest BCUT2D eigenvalue weighted by Gasteiger charge is 2.17. The number of rotatable bonds is 5. The summed E-state index contributed by atoms with van der Waals surface area (Å²) in [7, 11) is 1.99. The van der Waals surface area contributed by atoms with Crippen LogP contribution in [0.3, 0.4) is 0 Å². The molecule has 0 saturated carbocycles. The molecule has 3 heteroatoms. The SMILES string of the molecule is CCC(CC)N(C)c1cc(C#N)ccc1C(C)=O. The van der Waals surface area contributed by atoms with E-state index in [-0.39, 0.29) is 5.78 Å². The molecule has 96 valence electrons. The second-order valence-corrected chi connectivity index (χ2v) is 4.48. The summed E-state index contributed by atoms with van der Waals surface area (Å²) in [6.45, 7) is 5.82. The zero-order valence-corrected chi connectivity index (χ0v) is 11.5. The van der Waals surface area contributed by atoms with E-state index < -0.39 is 0 Å². The Balaban J connectivity index is 3.27. The van der Waals surface area contributed by atoms with Crippen LogP contribution in [0.15, 0.2) is 18.2 Å². The average Bonchev–Trinajstić information content (AvgIpc) is 2.39.